The summed E-state index contributed by atoms with van der Waals surface area (Å²) in [7, 11) is 3.56. The van der Waals surface area contributed by atoms with Crippen LogP contribution in [0.2, 0.25) is 0 Å². The van der Waals surface area contributed by atoms with E-state index < -0.39 is 0 Å². The van der Waals surface area contributed by atoms with Crippen molar-refractivity contribution in [2.24, 2.45) is 5.92 Å². The lowest BCUT2D eigenvalue weighted by Crippen LogP contribution is -2.45. The normalized spacial score (nSPS) is 17.5. The van der Waals surface area contributed by atoms with Gasteiger partial charge in [0.25, 0.3) is 0 Å². The molecule has 5 nitrogen and oxygen atoms in total. The van der Waals surface area contributed by atoms with Crippen LogP contribution in [0, 0.1) is 5.92 Å². The number of amides is 1. The summed E-state index contributed by atoms with van der Waals surface area (Å²) in [5, 5.41) is 0. The van der Waals surface area contributed by atoms with Crippen molar-refractivity contribution < 1.29 is 14.3 Å². The van der Waals surface area contributed by atoms with Gasteiger partial charge in [-0.05, 0) is 25.3 Å². The minimum absolute atomic E-state index is 0.0444. The number of piperidine rings is 1. The number of likely N-dealkylation sites (tertiary alicyclic amines) is 1. The van der Waals surface area contributed by atoms with E-state index in [0.717, 1.165) is 31.5 Å². The summed E-state index contributed by atoms with van der Waals surface area (Å²) >= 11 is 0. The van der Waals surface area contributed by atoms with Gasteiger partial charge in [-0.25, -0.2) is 0 Å². The molecule has 0 N–H and O–H groups in total. The SMILES string of the molecule is CCOC(=O)C1CCN(C(C(=O)N(C)C)c2ccccc2)CC1. The molecular weight excluding hydrogens is 292 g/mol. The molecule has 1 aromatic carbocycles. The van der Waals surface area contributed by atoms with Crippen LogP contribution >= 0.6 is 0 Å². The van der Waals surface area contributed by atoms with Gasteiger partial charge >= 0.3 is 5.97 Å². The molecule has 1 amide bonds. The molecule has 0 bridgehead atoms. The quantitative estimate of drug-likeness (QED) is 0.780. The first-order valence-corrected chi connectivity index (χ1v) is 8.21. The third-order valence-electron chi connectivity index (χ3n) is 4.30. The summed E-state index contributed by atoms with van der Waals surface area (Å²) in [5.74, 6) is -0.0785. The highest BCUT2D eigenvalue weighted by molar-refractivity contribution is 5.83. The van der Waals surface area contributed by atoms with E-state index in [4.69, 9.17) is 4.74 Å². The predicted octanol–water partition coefficient (Wildman–Crippen LogP) is 2.09. The van der Waals surface area contributed by atoms with Gasteiger partial charge in [-0.15, -0.1) is 0 Å². The largest absolute Gasteiger partial charge is 0.466 e. The highest BCUT2D eigenvalue weighted by Crippen LogP contribution is 2.28. The summed E-state index contributed by atoms with van der Waals surface area (Å²) in [6.07, 6.45) is 1.48. The molecule has 1 aliphatic rings. The van der Waals surface area contributed by atoms with Gasteiger partial charge < -0.3 is 9.64 Å². The van der Waals surface area contributed by atoms with Crippen LogP contribution in [-0.2, 0) is 14.3 Å². The molecule has 1 heterocycles. The van der Waals surface area contributed by atoms with Crippen molar-refractivity contribution >= 4 is 11.9 Å². The first-order chi connectivity index (χ1) is 11.0. The zero-order chi connectivity index (χ0) is 16.8. The van der Waals surface area contributed by atoms with Gasteiger partial charge in [0.2, 0.25) is 5.91 Å². The molecule has 0 spiro atoms. The molecular formula is C18H26N2O3. The fraction of sp³-hybridized carbons (Fsp3) is 0.556. The zero-order valence-electron chi connectivity index (χ0n) is 14.2. The lowest BCUT2D eigenvalue weighted by Gasteiger charge is -2.37. The second kappa shape index (κ2) is 8.11. The summed E-state index contributed by atoms with van der Waals surface area (Å²) < 4.78 is 5.11. The molecule has 5 heteroatoms. The number of nitrogens with zero attached hydrogens (tertiary/aromatic N) is 2. The van der Waals surface area contributed by atoms with Crippen molar-refractivity contribution in [3.8, 4) is 0 Å². The highest BCUT2D eigenvalue weighted by Gasteiger charge is 2.34. The van der Waals surface area contributed by atoms with Gasteiger partial charge in [0, 0.05) is 27.2 Å². The number of likely N-dealkylation sites (N-methyl/N-ethyl adjacent to an activating group) is 1. The second-order valence-corrected chi connectivity index (χ2v) is 6.11. The van der Waals surface area contributed by atoms with Crippen LogP contribution in [0.3, 0.4) is 0 Å². The highest BCUT2D eigenvalue weighted by atomic mass is 16.5. The number of esters is 1. The molecule has 1 fully saturated rings. The Morgan fingerprint density at radius 1 is 1.22 bits per heavy atom. The molecule has 0 radical (unpaired) electrons. The molecule has 1 aliphatic heterocycles. The van der Waals surface area contributed by atoms with Crippen molar-refractivity contribution in [2.75, 3.05) is 33.8 Å². The van der Waals surface area contributed by atoms with Gasteiger partial charge in [-0.1, -0.05) is 30.3 Å². The minimum Gasteiger partial charge on any atom is -0.466 e. The minimum atomic E-state index is -0.283. The van der Waals surface area contributed by atoms with Crippen molar-refractivity contribution in [1.82, 2.24) is 9.80 Å². The van der Waals surface area contributed by atoms with Gasteiger partial charge in [-0.3, -0.25) is 14.5 Å². The average molecular weight is 318 g/mol. The number of rotatable bonds is 5. The van der Waals surface area contributed by atoms with Crippen molar-refractivity contribution in [1.29, 1.82) is 0 Å². The number of ether oxygens (including phenoxy) is 1. The Bertz CT molecular complexity index is 522. The molecule has 1 unspecified atom stereocenters. The summed E-state index contributed by atoms with van der Waals surface area (Å²) in [6, 6.07) is 9.56. The summed E-state index contributed by atoms with van der Waals surface area (Å²) in [5.41, 5.74) is 1.00. The standard InChI is InChI=1S/C18H26N2O3/c1-4-23-18(22)15-10-12-20(13-11-15)16(17(21)19(2)3)14-8-6-5-7-9-14/h5-9,15-16H,4,10-13H2,1-3H3. The van der Waals surface area contributed by atoms with Crippen LogP contribution in [0.5, 0.6) is 0 Å². The molecule has 1 atom stereocenters. The second-order valence-electron chi connectivity index (χ2n) is 6.11. The van der Waals surface area contributed by atoms with E-state index in [2.05, 4.69) is 4.90 Å². The van der Waals surface area contributed by atoms with Crippen LogP contribution in [0.15, 0.2) is 30.3 Å². The van der Waals surface area contributed by atoms with Gasteiger partial charge in [-0.2, -0.15) is 0 Å². The maximum atomic E-state index is 12.7. The first-order valence-electron chi connectivity index (χ1n) is 8.21. The monoisotopic (exact) mass is 318 g/mol. The smallest absolute Gasteiger partial charge is 0.309 e. The van der Waals surface area contributed by atoms with E-state index in [1.165, 1.54) is 0 Å². The van der Waals surface area contributed by atoms with E-state index in [1.54, 1.807) is 19.0 Å². The third-order valence-corrected chi connectivity index (χ3v) is 4.30. The number of carbonyl (C=O) groups excluding carboxylic acids is 2. The predicted molar refractivity (Wildman–Crippen MR) is 88.8 cm³/mol. The molecule has 1 aromatic rings. The Balaban J connectivity index is 2.10. The van der Waals surface area contributed by atoms with E-state index in [0.29, 0.717) is 6.61 Å². The van der Waals surface area contributed by atoms with Crippen LogP contribution < -0.4 is 0 Å². The van der Waals surface area contributed by atoms with Crippen molar-refractivity contribution in [3.05, 3.63) is 35.9 Å². The third kappa shape index (κ3) is 4.32. The first kappa shape index (κ1) is 17.5. The molecule has 1 saturated heterocycles. The van der Waals surface area contributed by atoms with E-state index in [9.17, 15) is 9.59 Å². The summed E-state index contributed by atoms with van der Waals surface area (Å²) in [4.78, 5) is 28.3. The van der Waals surface area contributed by atoms with Gasteiger partial charge in [0.1, 0.15) is 6.04 Å². The number of benzene rings is 1. The Morgan fingerprint density at radius 2 is 1.83 bits per heavy atom. The van der Waals surface area contributed by atoms with E-state index in [1.807, 2.05) is 37.3 Å². The fourth-order valence-corrected chi connectivity index (χ4v) is 3.04. The zero-order valence-corrected chi connectivity index (χ0v) is 14.2. The number of hydrogen-bond acceptors (Lipinski definition) is 4. The van der Waals surface area contributed by atoms with E-state index >= 15 is 0 Å². The molecule has 0 aliphatic carbocycles. The Morgan fingerprint density at radius 3 is 2.35 bits per heavy atom. The van der Waals surface area contributed by atoms with Gasteiger partial charge in [0.15, 0.2) is 0 Å². The average Bonchev–Trinajstić information content (AvgIpc) is 2.56. The summed E-state index contributed by atoms with van der Waals surface area (Å²) in [6.45, 7) is 3.70. The van der Waals surface area contributed by atoms with Crippen LogP contribution in [0.1, 0.15) is 31.4 Å². The van der Waals surface area contributed by atoms with E-state index in [-0.39, 0.29) is 23.8 Å². The molecule has 126 valence electrons. The number of carbonyl (C=O) groups is 2. The molecule has 2 rings (SSSR count). The maximum Gasteiger partial charge on any atom is 0.309 e. The van der Waals surface area contributed by atoms with Gasteiger partial charge in [0.05, 0.1) is 12.5 Å². The van der Waals surface area contributed by atoms with Crippen LogP contribution in [0.4, 0.5) is 0 Å². The Kier molecular flexibility index (Phi) is 6.16. The topological polar surface area (TPSA) is 49.9 Å². The van der Waals surface area contributed by atoms with Crippen molar-refractivity contribution in [2.45, 2.75) is 25.8 Å². The fourth-order valence-electron chi connectivity index (χ4n) is 3.04. The lowest BCUT2D eigenvalue weighted by atomic mass is 9.94. The Labute approximate surface area is 138 Å². The lowest BCUT2D eigenvalue weighted by molar-refractivity contribution is -0.150. The Hall–Kier alpha value is -1.88. The maximum absolute atomic E-state index is 12.7. The van der Waals surface area contributed by atoms with Crippen LogP contribution in [0.25, 0.3) is 0 Å². The van der Waals surface area contributed by atoms with Crippen molar-refractivity contribution in [3.63, 3.8) is 0 Å². The molecule has 0 aromatic heterocycles. The molecule has 23 heavy (non-hydrogen) atoms. The van der Waals surface area contributed by atoms with Crippen LogP contribution in [-0.4, -0.2) is 55.5 Å². The number of hydrogen-bond donors (Lipinski definition) is 0. The molecule has 0 saturated carbocycles.